The minimum Gasteiger partial charge on any atom is -0.481 e. The quantitative estimate of drug-likeness (QED) is 0.737. The molecule has 0 unspecified atom stereocenters. The summed E-state index contributed by atoms with van der Waals surface area (Å²) in [6.45, 7) is 2.96. The van der Waals surface area contributed by atoms with E-state index in [0.29, 0.717) is 0 Å². The number of hydrogen-bond acceptors (Lipinski definition) is 4. The zero-order valence-electron chi connectivity index (χ0n) is 16.1. The van der Waals surface area contributed by atoms with Gasteiger partial charge in [-0.15, -0.1) is 0 Å². The van der Waals surface area contributed by atoms with Crippen molar-refractivity contribution in [2.75, 3.05) is 13.6 Å². The van der Waals surface area contributed by atoms with Gasteiger partial charge >= 0.3 is 5.97 Å². The predicted octanol–water partition coefficient (Wildman–Crippen LogP) is 2.48. The molecule has 1 aromatic rings. The van der Waals surface area contributed by atoms with Crippen molar-refractivity contribution in [2.24, 2.45) is 5.41 Å². The van der Waals surface area contributed by atoms with E-state index in [2.05, 4.69) is 5.32 Å². The van der Waals surface area contributed by atoms with Crippen LogP contribution in [0, 0.1) is 5.41 Å². The van der Waals surface area contributed by atoms with Gasteiger partial charge in [-0.2, -0.15) is 4.31 Å². The number of hydrogen-bond donors (Lipinski definition) is 2. The minimum absolute atomic E-state index is 0.0161. The fraction of sp³-hybridized carbons (Fsp3) is 0.579. The summed E-state index contributed by atoms with van der Waals surface area (Å²) >= 11 is 0. The van der Waals surface area contributed by atoms with Crippen LogP contribution in [-0.4, -0.2) is 49.3 Å². The normalized spacial score (nSPS) is 16.3. The number of benzene rings is 1. The van der Waals surface area contributed by atoms with Crippen molar-refractivity contribution in [3.8, 4) is 0 Å². The highest BCUT2D eigenvalue weighted by atomic mass is 32.2. The Morgan fingerprint density at radius 3 is 2.44 bits per heavy atom. The van der Waals surface area contributed by atoms with Gasteiger partial charge in [-0.3, -0.25) is 9.59 Å². The third-order valence-corrected chi connectivity index (χ3v) is 7.04. The molecule has 1 aromatic carbocycles. The van der Waals surface area contributed by atoms with Gasteiger partial charge in [0.15, 0.2) is 0 Å². The van der Waals surface area contributed by atoms with Crippen molar-refractivity contribution in [1.82, 2.24) is 9.62 Å². The van der Waals surface area contributed by atoms with Crippen LogP contribution in [0.2, 0.25) is 0 Å². The van der Waals surface area contributed by atoms with Crippen molar-refractivity contribution in [3.63, 3.8) is 0 Å². The van der Waals surface area contributed by atoms with Crippen molar-refractivity contribution in [2.45, 2.75) is 56.9 Å². The van der Waals surface area contributed by atoms with E-state index in [4.69, 9.17) is 5.11 Å². The molecule has 0 bridgehead atoms. The van der Waals surface area contributed by atoms with Gasteiger partial charge in [-0.25, -0.2) is 8.42 Å². The SMILES string of the molecule is CN(C1CCCCC1)S(=O)(=O)c1cccc(C(=O)NCC(C)(C)C(=O)O)c1. The molecular formula is C19H28N2O5S. The van der Waals surface area contributed by atoms with Crippen molar-refractivity contribution >= 4 is 21.9 Å². The molecule has 1 aliphatic carbocycles. The number of sulfonamides is 1. The monoisotopic (exact) mass is 396 g/mol. The van der Waals surface area contributed by atoms with Crippen LogP contribution in [0.5, 0.6) is 0 Å². The highest BCUT2D eigenvalue weighted by Gasteiger charge is 2.30. The lowest BCUT2D eigenvalue weighted by Crippen LogP contribution is -2.39. The summed E-state index contributed by atoms with van der Waals surface area (Å²) in [5, 5.41) is 11.7. The lowest BCUT2D eigenvalue weighted by atomic mass is 9.94. The summed E-state index contributed by atoms with van der Waals surface area (Å²) in [7, 11) is -2.10. The minimum atomic E-state index is -3.69. The summed E-state index contributed by atoms with van der Waals surface area (Å²) in [4.78, 5) is 23.6. The van der Waals surface area contributed by atoms with Gasteiger partial charge in [0.1, 0.15) is 0 Å². The number of carboxylic acids is 1. The third kappa shape index (κ3) is 5.07. The lowest BCUT2D eigenvalue weighted by Gasteiger charge is -2.30. The number of carboxylic acid groups (broad SMARTS) is 1. The van der Waals surface area contributed by atoms with E-state index in [1.165, 1.54) is 42.4 Å². The topological polar surface area (TPSA) is 104 Å². The Kier molecular flexibility index (Phi) is 6.64. The van der Waals surface area contributed by atoms with Crippen LogP contribution in [0.4, 0.5) is 0 Å². The molecule has 1 fully saturated rings. The molecule has 0 spiro atoms. The molecule has 0 atom stereocenters. The number of nitrogens with one attached hydrogen (secondary N) is 1. The first-order chi connectivity index (χ1) is 12.6. The summed E-state index contributed by atoms with van der Waals surface area (Å²) in [6.07, 6.45) is 4.87. The molecule has 0 radical (unpaired) electrons. The van der Waals surface area contributed by atoms with Gasteiger partial charge in [0.05, 0.1) is 10.3 Å². The van der Waals surface area contributed by atoms with Crippen LogP contribution in [0.15, 0.2) is 29.2 Å². The molecule has 150 valence electrons. The molecule has 27 heavy (non-hydrogen) atoms. The Morgan fingerprint density at radius 2 is 1.85 bits per heavy atom. The zero-order valence-corrected chi connectivity index (χ0v) is 16.9. The lowest BCUT2D eigenvalue weighted by molar-refractivity contribution is -0.146. The van der Waals surface area contributed by atoms with Gasteiger partial charge in [-0.1, -0.05) is 25.3 Å². The zero-order chi connectivity index (χ0) is 20.2. The van der Waals surface area contributed by atoms with Gasteiger partial charge in [-0.05, 0) is 44.9 Å². The van der Waals surface area contributed by atoms with Crippen molar-refractivity contribution < 1.29 is 23.1 Å². The van der Waals surface area contributed by atoms with Crippen molar-refractivity contribution in [1.29, 1.82) is 0 Å². The fourth-order valence-corrected chi connectivity index (χ4v) is 4.55. The third-order valence-electron chi connectivity index (χ3n) is 5.13. The maximum atomic E-state index is 12.9. The fourth-order valence-electron chi connectivity index (χ4n) is 3.08. The Balaban J connectivity index is 2.16. The number of rotatable bonds is 7. The van der Waals surface area contributed by atoms with E-state index >= 15 is 0 Å². The molecule has 8 heteroatoms. The van der Waals surface area contributed by atoms with Crippen molar-refractivity contribution in [3.05, 3.63) is 29.8 Å². The van der Waals surface area contributed by atoms with Crippen LogP contribution in [0.1, 0.15) is 56.3 Å². The molecule has 1 amide bonds. The second kappa shape index (κ2) is 8.39. The first-order valence-corrected chi connectivity index (χ1v) is 10.6. The first kappa shape index (κ1) is 21.4. The Morgan fingerprint density at radius 1 is 1.22 bits per heavy atom. The standard InChI is InChI=1S/C19H28N2O5S/c1-19(2,18(23)24)13-20-17(22)14-8-7-11-16(12-14)27(25,26)21(3)15-9-5-4-6-10-15/h7-8,11-12,15H,4-6,9-10,13H2,1-3H3,(H,20,22)(H,23,24). The van der Waals surface area contributed by atoms with Gasteiger partial charge in [0.25, 0.3) is 5.91 Å². The highest BCUT2D eigenvalue weighted by molar-refractivity contribution is 7.89. The molecule has 0 aliphatic heterocycles. The van der Waals surface area contributed by atoms with E-state index in [1.807, 2.05) is 0 Å². The van der Waals surface area contributed by atoms with Gasteiger partial charge < -0.3 is 10.4 Å². The van der Waals surface area contributed by atoms with E-state index in [0.717, 1.165) is 32.1 Å². The number of carbonyl (C=O) groups excluding carboxylic acids is 1. The van der Waals surface area contributed by atoms with E-state index in [-0.39, 0.29) is 23.0 Å². The second-order valence-electron chi connectivity index (χ2n) is 7.71. The summed E-state index contributed by atoms with van der Waals surface area (Å²) in [6, 6.07) is 5.85. The maximum Gasteiger partial charge on any atom is 0.310 e. The molecule has 1 saturated carbocycles. The first-order valence-electron chi connectivity index (χ1n) is 9.15. The Bertz CT molecular complexity index is 798. The van der Waals surface area contributed by atoms with Crippen LogP contribution in [0.25, 0.3) is 0 Å². The Hall–Kier alpha value is -1.93. The Labute approximate surface area is 160 Å². The van der Waals surface area contributed by atoms with Gasteiger partial charge in [0.2, 0.25) is 10.0 Å². The molecule has 2 rings (SSSR count). The average molecular weight is 397 g/mol. The average Bonchev–Trinajstić information content (AvgIpc) is 2.66. The molecule has 1 aliphatic rings. The molecule has 0 saturated heterocycles. The second-order valence-corrected chi connectivity index (χ2v) is 9.71. The number of amides is 1. The maximum absolute atomic E-state index is 12.9. The van der Waals surface area contributed by atoms with E-state index in [1.54, 1.807) is 7.05 Å². The van der Waals surface area contributed by atoms with E-state index in [9.17, 15) is 18.0 Å². The van der Waals surface area contributed by atoms with Crippen LogP contribution >= 0.6 is 0 Å². The smallest absolute Gasteiger partial charge is 0.310 e. The van der Waals surface area contributed by atoms with Crippen LogP contribution in [-0.2, 0) is 14.8 Å². The largest absolute Gasteiger partial charge is 0.481 e. The number of aliphatic carboxylic acids is 1. The number of carbonyl (C=O) groups is 2. The summed E-state index contributed by atoms with van der Waals surface area (Å²) < 4.78 is 27.3. The van der Waals surface area contributed by atoms with Gasteiger partial charge in [0, 0.05) is 25.2 Å². The molecule has 0 heterocycles. The molecule has 2 N–H and O–H groups in total. The van der Waals surface area contributed by atoms with Crippen LogP contribution < -0.4 is 5.32 Å². The summed E-state index contributed by atoms with van der Waals surface area (Å²) in [5.74, 6) is -1.52. The predicted molar refractivity (Wildman–Crippen MR) is 102 cm³/mol. The molecule has 7 nitrogen and oxygen atoms in total. The number of nitrogens with zero attached hydrogens (tertiary/aromatic N) is 1. The highest BCUT2D eigenvalue weighted by Crippen LogP contribution is 2.26. The molecule has 0 aromatic heterocycles. The van der Waals surface area contributed by atoms with E-state index < -0.39 is 27.3 Å². The molecular weight excluding hydrogens is 368 g/mol. The summed E-state index contributed by atoms with van der Waals surface area (Å²) in [5.41, 5.74) is -0.921. The van der Waals surface area contributed by atoms with Crippen LogP contribution in [0.3, 0.4) is 0 Å².